The third-order valence-corrected chi connectivity index (χ3v) is 4.16. The molecule has 1 amide bonds. The molecule has 0 N–H and O–H groups in total. The van der Waals surface area contributed by atoms with E-state index >= 15 is 0 Å². The van der Waals surface area contributed by atoms with E-state index in [1.54, 1.807) is 12.1 Å². The summed E-state index contributed by atoms with van der Waals surface area (Å²) in [5.41, 5.74) is -3.08. The number of benzene rings is 1. The van der Waals surface area contributed by atoms with E-state index in [0.29, 0.717) is 11.8 Å². The molecule has 197 valence electrons. The van der Waals surface area contributed by atoms with Crippen LogP contribution >= 0.6 is 0 Å². The van der Waals surface area contributed by atoms with Crippen LogP contribution < -0.4 is 0 Å². The van der Waals surface area contributed by atoms with Crippen molar-refractivity contribution in [3.63, 3.8) is 0 Å². The summed E-state index contributed by atoms with van der Waals surface area (Å²) in [6.07, 6.45) is -12.0. The van der Waals surface area contributed by atoms with E-state index in [1.165, 1.54) is 43.6 Å². The number of rotatable bonds is 3. The second kappa shape index (κ2) is 12.3. The van der Waals surface area contributed by atoms with Gasteiger partial charge in [-0.25, -0.2) is 0 Å². The number of hydrogen-bond acceptors (Lipinski definition) is 3. The number of pyridine rings is 2. The van der Waals surface area contributed by atoms with Crippen LogP contribution in [0.25, 0.3) is 16.6 Å². The Labute approximate surface area is 212 Å². The normalized spacial score (nSPS) is 12.5. The third kappa shape index (κ3) is 8.90. The summed E-state index contributed by atoms with van der Waals surface area (Å²) in [4.78, 5) is 18.0. The Kier molecular flexibility index (Phi) is 10.6. The van der Waals surface area contributed by atoms with Crippen molar-refractivity contribution in [1.29, 1.82) is 0 Å². The van der Waals surface area contributed by atoms with Crippen LogP contribution in [0.1, 0.15) is 29.8 Å². The van der Waals surface area contributed by atoms with Crippen LogP contribution in [0.2, 0.25) is 0 Å². The van der Waals surface area contributed by atoms with Crippen LogP contribution in [-0.2, 0) is 37.3 Å². The number of hydrogen-bond donors (Lipinski definition) is 0. The minimum atomic E-state index is -4.93. The van der Waals surface area contributed by atoms with Crippen molar-refractivity contribution in [3.05, 3.63) is 89.1 Å². The van der Waals surface area contributed by atoms with Gasteiger partial charge in [-0.2, -0.15) is 39.5 Å². The van der Waals surface area contributed by atoms with Gasteiger partial charge in [0.25, 0.3) is 0 Å². The van der Waals surface area contributed by atoms with Crippen molar-refractivity contribution >= 4 is 5.91 Å². The molecule has 0 saturated carbocycles. The molecule has 0 fully saturated rings. The molecule has 2 heterocycles. The average Bonchev–Trinajstić information content (AvgIpc) is 2.78. The summed E-state index contributed by atoms with van der Waals surface area (Å²) in [6, 6.07) is 10.7. The summed E-state index contributed by atoms with van der Waals surface area (Å²) < 4.78 is 112. The maximum Gasteiger partial charge on any atom is 0.432 e. The summed E-state index contributed by atoms with van der Waals surface area (Å²) >= 11 is 0. The molecule has 1 aromatic carbocycles. The molecule has 4 nitrogen and oxygen atoms in total. The minimum Gasteiger partial charge on any atom is -0.638 e. The van der Waals surface area contributed by atoms with Crippen LogP contribution in [0.3, 0.4) is 0 Å². The molecule has 1 unspecified atom stereocenters. The van der Waals surface area contributed by atoms with Gasteiger partial charge in [0, 0.05) is 38.2 Å². The fourth-order valence-electron chi connectivity index (χ4n) is 2.55. The fourth-order valence-corrected chi connectivity index (χ4v) is 2.55. The van der Waals surface area contributed by atoms with Gasteiger partial charge in [0.2, 0.25) is 0 Å². The van der Waals surface area contributed by atoms with Gasteiger partial charge >= 0.3 is 18.5 Å². The fraction of sp³-hybridized carbons (Fsp3) is 0.227. The molecule has 1 radical (unpaired) electrons. The monoisotopic (exact) mass is 700 g/mol. The maximum absolute atomic E-state index is 12.9. The quantitative estimate of drug-likeness (QED) is 0.215. The first kappa shape index (κ1) is 31.0. The van der Waals surface area contributed by atoms with Gasteiger partial charge in [0.1, 0.15) is 0 Å². The number of alkyl halides is 9. The third-order valence-electron chi connectivity index (χ3n) is 4.16. The number of nitrogens with zero attached hydrogens (tertiary/aromatic N) is 3. The second-order valence-corrected chi connectivity index (χ2v) is 6.75. The zero-order valence-corrected chi connectivity index (χ0v) is 20.2. The summed E-state index contributed by atoms with van der Waals surface area (Å²) in [6.45, 7) is 1.38. The van der Waals surface area contributed by atoms with Crippen molar-refractivity contribution < 1.29 is 64.4 Å². The van der Waals surface area contributed by atoms with Gasteiger partial charge in [-0.05, 0) is 35.0 Å². The Balaban J connectivity index is 0.000000365. The molecule has 14 heteroatoms. The Hall–Kier alpha value is -2.99. The molecular weight excluding hydrogens is 685 g/mol. The maximum atomic E-state index is 12.9. The van der Waals surface area contributed by atoms with E-state index in [0.717, 1.165) is 0 Å². The molecule has 0 spiro atoms. The minimum absolute atomic E-state index is 0. The molecule has 36 heavy (non-hydrogen) atoms. The van der Waals surface area contributed by atoms with Gasteiger partial charge in [0.05, 0.1) is 0 Å². The molecule has 0 aliphatic heterocycles. The van der Waals surface area contributed by atoms with E-state index in [2.05, 4.69) is 15.3 Å². The van der Waals surface area contributed by atoms with Crippen molar-refractivity contribution in [3.8, 4) is 11.3 Å². The molecule has 0 aliphatic rings. The molecule has 0 aliphatic carbocycles. The second-order valence-electron chi connectivity index (χ2n) is 6.75. The predicted octanol–water partition coefficient (Wildman–Crippen LogP) is 7.19. The van der Waals surface area contributed by atoms with Gasteiger partial charge < -0.3 is 15.1 Å². The zero-order valence-electron chi connectivity index (χ0n) is 17.8. The zero-order chi connectivity index (χ0) is 26.4. The number of amides is 1. The Bertz CT molecular complexity index is 1120. The van der Waals surface area contributed by atoms with Crippen molar-refractivity contribution in [2.24, 2.45) is 0 Å². The van der Waals surface area contributed by atoms with Gasteiger partial charge in [-0.15, -0.1) is 23.8 Å². The smallest absolute Gasteiger partial charge is 0.432 e. The SMILES string of the molecule is CC([N-]C(=O)C(F)(F)F)c1ccccn1.FC(F)(F)c1c[c-]c(-c2ccccn2)c(C(F)(F)F)c1.[Ir]. The Morgan fingerprint density at radius 2 is 1.47 bits per heavy atom. The standard InChI is InChI=1S/C13H6F6N.C9H9F3N2O.Ir/c14-12(15,16)8-4-5-9(10(7-8)13(17,18)19)11-3-1-2-6-20-11;1-6(7-4-2-3-5-13-7)14-8(15)9(10,11)12;/h1-4,6-7H;2-6H,1H3,(H,14,15);/q-1;;/p-1. The van der Waals surface area contributed by atoms with Crippen LogP contribution in [0.15, 0.2) is 60.9 Å². The van der Waals surface area contributed by atoms with Crippen molar-refractivity contribution in [2.45, 2.75) is 31.5 Å². The van der Waals surface area contributed by atoms with E-state index in [4.69, 9.17) is 0 Å². The molecule has 2 aromatic heterocycles. The van der Waals surface area contributed by atoms with Gasteiger partial charge in [-0.3, -0.25) is 4.98 Å². The van der Waals surface area contributed by atoms with E-state index < -0.39 is 47.2 Å². The number of aromatic nitrogens is 2. The number of carbonyl (C=O) groups excluding carboxylic acids is 1. The molecule has 0 bridgehead atoms. The Morgan fingerprint density at radius 3 is 1.92 bits per heavy atom. The summed E-state index contributed by atoms with van der Waals surface area (Å²) in [7, 11) is 0. The van der Waals surface area contributed by atoms with Crippen LogP contribution in [-0.4, -0.2) is 22.1 Å². The van der Waals surface area contributed by atoms with Crippen molar-refractivity contribution in [1.82, 2.24) is 9.97 Å². The van der Waals surface area contributed by atoms with Crippen LogP contribution in [0.5, 0.6) is 0 Å². The Morgan fingerprint density at radius 1 is 0.889 bits per heavy atom. The number of carbonyl (C=O) groups is 1. The molecular formula is C22H14F9IrN3O-2. The first-order valence-electron chi connectivity index (χ1n) is 9.45. The largest absolute Gasteiger partial charge is 0.638 e. The average molecular weight is 700 g/mol. The van der Waals surface area contributed by atoms with E-state index in [9.17, 15) is 44.3 Å². The van der Waals surface area contributed by atoms with Crippen LogP contribution in [0.4, 0.5) is 39.5 Å². The van der Waals surface area contributed by atoms with Crippen LogP contribution in [0, 0.1) is 6.07 Å². The molecule has 3 aromatic rings. The van der Waals surface area contributed by atoms with E-state index in [1.807, 2.05) is 6.07 Å². The first-order valence-corrected chi connectivity index (χ1v) is 9.45. The van der Waals surface area contributed by atoms with Gasteiger partial charge in [0.15, 0.2) is 5.91 Å². The molecule has 0 saturated heterocycles. The molecule has 3 rings (SSSR count). The summed E-state index contributed by atoms with van der Waals surface area (Å²) in [5, 5.41) is 2.99. The predicted molar refractivity (Wildman–Crippen MR) is 106 cm³/mol. The summed E-state index contributed by atoms with van der Waals surface area (Å²) in [5.74, 6) is -2.08. The van der Waals surface area contributed by atoms with Gasteiger partial charge in [-0.1, -0.05) is 31.2 Å². The molecule has 1 atom stereocenters. The topological polar surface area (TPSA) is 57.0 Å². The van der Waals surface area contributed by atoms with Crippen molar-refractivity contribution in [2.75, 3.05) is 0 Å². The number of halogens is 9. The first-order chi connectivity index (χ1) is 16.1. The van der Waals surface area contributed by atoms with E-state index in [-0.39, 0.29) is 31.9 Å².